The van der Waals surface area contributed by atoms with Gasteiger partial charge in [0.05, 0.1) is 11.4 Å². The molecule has 37 heavy (non-hydrogen) atoms. The van der Waals surface area contributed by atoms with Crippen LogP contribution in [0.1, 0.15) is 49.6 Å². The number of ether oxygens (including phenoxy) is 1. The molecule has 0 aliphatic rings. The lowest BCUT2D eigenvalue weighted by molar-refractivity contribution is -0.116. The summed E-state index contributed by atoms with van der Waals surface area (Å²) in [4.78, 5) is 27.7. The van der Waals surface area contributed by atoms with Crippen molar-refractivity contribution in [2.75, 3.05) is 32.1 Å². The fourth-order valence-electron chi connectivity index (χ4n) is 3.96. The number of hydrogen-bond acceptors (Lipinski definition) is 4. The molecule has 3 rings (SSSR count). The molecule has 1 aromatic heterocycles. The van der Waals surface area contributed by atoms with E-state index >= 15 is 0 Å². The molecule has 8 nitrogen and oxygen atoms in total. The van der Waals surface area contributed by atoms with Crippen molar-refractivity contribution in [3.05, 3.63) is 77.0 Å². The molecule has 0 bridgehead atoms. The number of aryl methyl sites for hydroxylation is 2. The lowest BCUT2D eigenvalue weighted by atomic mass is 9.92. The van der Waals surface area contributed by atoms with Gasteiger partial charge in [0.15, 0.2) is 0 Å². The Labute approximate surface area is 220 Å². The highest BCUT2D eigenvalue weighted by Gasteiger charge is 2.23. The van der Waals surface area contributed by atoms with Gasteiger partial charge in [0.1, 0.15) is 12.4 Å². The summed E-state index contributed by atoms with van der Waals surface area (Å²) in [5, 5.41) is 10.7. The zero-order valence-corrected chi connectivity index (χ0v) is 22.8. The van der Waals surface area contributed by atoms with Gasteiger partial charge in [-0.25, -0.2) is 9.48 Å². The predicted octanol–water partition coefficient (Wildman–Crippen LogP) is 4.97. The molecule has 0 radical (unpaired) electrons. The predicted molar refractivity (Wildman–Crippen MR) is 147 cm³/mol. The number of carbonyl (C=O) groups excluding carboxylic acids is 2. The zero-order chi connectivity index (χ0) is 27.0. The SMILES string of the molecule is COCCCN(CC(=O)Nc1cc(C(C)(C)C)nn1-c1ccc(C)cc1C)C(=O)NCc1ccccc1. The highest BCUT2D eigenvalue weighted by Crippen LogP contribution is 2.27. The van der Waals surface area contributed by atoms with Crippen LogP contribution in [0.15, 0.2) is 54.6 Å². The molecule has 3 aromatic rings. The van der Waals surface area contributed by atoms with Crippen molar-refractivity contribution < 1.29 is 14.3 Å². The average molecular weight is 506 g/mol. The van der Waals surface area contributed by atoms with Crippen molar-refractivity contribution in [2.24, 2.45) is 0 Å². The highest BCUT2D eigenvalue weighted by atomic mass is 16.5. The van der Waals surface area contributed by atoms with Gasteiger partial charge in [-0.05, 0) is 37.5 Å². The molecule has 0 saturated carbocycles. The summed E-state index contributed by atoms with van der Waals surface area (Å²) < 4.78 is 6.93. The number of rotatable bonds is 10. The summed E-state index contributed by atoms with van der Waals surface area (Å²) >= 11 is 0. The van der Waals surface area contributed by atoms with Crippen molar-refractivity contribution in [1.29, 1.82) is 0 Å². The molecule has 3 amide bonds. The Morgan fingerprint density at radius 3 is 2.43 bits per heavy atom. The van der Waals surface area contributed by atoms with Crippen LogP contribution in [0, 0.1) is 13.8 Å². The quantitative estimate of drug-likeness (QED) is 0.381. The fourth-order valence-corrected chi connectivity index (χ4v) is 3.96. The summed E-state index contributed by atoms with van der Waals surface area (Å²) in [6.45, 7) is 11.5. The van der Waals surface area contributed by atoms with Gasteiger partial charge >= 0.3 is 6.03 Å². The van der Waals surface area contributed by atoms with E-state index in [0.717, 1.165) is 28.1 Å². The van der Waals surface area contributed by atoms with E-state index in [9.17, 15) is 9.59 Å². The van der Waals surface area contributed by atoms with Crippen molar-refractivity contribution in [3.8, 4) is 5.69 Å². The molecule has 1 heterocycles. The van der Waals surface area contributed by atoms with Crippen LogP contribution in [0.25, 0.3) is 5.69 Å². The largest absolute Gasteiger partial charge is 0.385 e. The van der Waals surface area contributed by atoms with E-state index in [1.54, 1.807) is 11.8 Å². The number of carbonyl (C=O) groups is 2. The molecule has 0 spiro atoms. The highest BCUT2D eigenvalue weighted by molar-refractivity contribution is 5.94. The van der Waals surface area contributed by atoms with Gasteiger partial charge in [0.2, 0.25) is 5.91 Å². The molecule has 0 unspecified atom stereocenters. The molecule has 0 fully saturated rings. The average Bonchev–Trinajstić information content (AvgIpc) is 3.26. The Hall–Kier alpha value is -3.65. The third-order valence-electron chi connectivity index (χ3n) is 6.01. The van der Waals surface area contributed by atoms with Crippen molar-refractivity contribution in [1.82, 2.24) is 20.0 Å². The molecule has 0 saturated heterocycles. The molecule has 0 atom stereocenters. The number of methoxy groups -OCH3 is 1. The van der Waals surface area contributed by atoms with Crippen LogP contribution in [-0.2, 0) is 21.5 Å². The number of amides is 3. The van der Waals surface area contributed by atoms with E-state index < -0.39 is 0 Å². The van der Waals surface area contributed by atoms with Crippen molar-refractivity contribution in [3.63, 3.8) is 0 Å². The van der Waals surface area contributed by atoms with Gasteiger partial charge in [0, 0.05) is 38.3 Å². The van der Waals surface area contributed by atoms with Gasteiger partial charge in [-0.15, -0.1) is 0 Å². The minimum absolute atomic E-state index is 0.0900. The second-order valence-corrected chi connectivity index (χ2v) is 10.3. The van der Waals surface area contributed by atoms with Gasteiger partial charge in [-0.3, -0.25) is 4.79 Å². The number of nitrogens with zero attached hydrogens (tertiary/aromatic N) is 3. The van der Waals surface area contributed by atoms with E-state index in [4.69, 9.17) is 9.84 Å². The van der Waals surface area contributed by atoms with Crippen LogP contribution in [0.3, 0.4) is 0 Å². The number of hydrogen-bond donors (Lipinski definition) is 2. The Bertz CT molecular complexity index is 1200. The second-order valence-electron chi connectivity index (χ2n) is 10.3. The Balaban J connectivity index is 1.79. The lowest BCUT2D eigenvalue weighted by Gasteiger charge is -2.23. The van der Waals surface area contributed by atoms with Crippen molar-refractivity contribution >= 4 is 17.8 Å². The van der Waals surface area contributed by atoms with Gasteiger partial charge in [-0.1, -0.05) is 68.8 Å². The maximum Gasteiger partial charge on any atom is 0.318 e. The van der Waals surface area contributed by atoms with Gasteiger partial charge in [0.25, 0.3) is 0 Å². The van der Waals surface area contributed by atoms with Crippen LogP contribution in [0.5, 0.6) is 0 Å². The van der Waals surface area contributed by atoms with Crippen LogP contribution in [-0.4, -0.2) is 53.4 Å². The van der Waals surface area contributed by atoms with Crippen LogP contribution in [0.4, 0.5) is 10.6 Å². The van der Waals surface area contributed by atoms with E-state index in [-0.39, 0.29) is 23.9 Å². The van der Waals surface area contributed by atoms with Gasteiger partial charge < -0.3 is 20.3 Å². The lowest BCUT2D eigenvalue weighted by Crippen LogP contribution is -2.44. The molecule has 2 N–H and O–H groups in total. The molecule has 0 aliphatic carbocycles. The monoisotopic (exact) mass is 505 g/mol. The standard InChI is InChI=1S/C29H39N5O3/c1-21-13-14-24(22(2)17-21)34-26(18-25(32-34)29(3,4)5)31-27(35)20-33(15-10-16-37-6)28(36)30-19-23-11-8-7-9-12-23/h7-9,11-14,17-18H,10,15-16,19-20H2,1-6H3,(H,30,36)(H,31,35). The van der Waals surface area contributed by atoms with E-state index in [1.807, 2.05) is 62.4 Å². The first-order valence-corrected chi connectivity index (χ1v) is 12.6. The normalized spacial score (nSPS) is 11.3. The molecule has 0 aliphatic heterocycles. The van der Waals surface area contributed by atoms with Crippen LogP contribution < -0.4 is 10.6 Å². The topological polar surface area (TPSA) is 88.5 Å². The summed E-state index contributed by atoms with van der Waals surface area (Å²) in [6, 6.07) is 17.4. The third-order valence-corrected chi connectivity index (χ3v) is 6.01. The number of nitrogens with one attached hydrogen (secondary N) is 2. The van der Waals surface area contributed by atoms with Crippen LogP contribution >= 0.6 is 0 Å². The summed E-state index contributed by atoms with van der Waals surface area (Å²) in [5.41, 5.74) is 4.76. The second kappa shape index (κ2) is 12.5. The molecular formula is C29H39N5O3. The minimum Gasteiger partial charge on any atom is -0.385 e. The van der Waals surface area contributed by atoms with Gasteiger partial charge in [-0.2, -0.15) is 5.10 Å². The summed E-state index contributed by atoms with van der Waals surface area (Å²) in [5.74, 6) is 0.280. The Morgan fingerprint density at radius 1 is 1.05 bits per heavy atom. The minimum atomic E-state index is -0.298. The summed E-state index contributed by atoms with van der Waals surface area (Å²) in [7, 11) is 1.62. The van der Waals surface area contributed by atoms with Crippen molar-refractivity contribution in [2.45, 2.75) is 53.0 Å². The number of aromatic nitrogens is 2. The molecular weight excluding hydrogens is 466 g/mol. The van der Waals surface area contributed by atoms with E-state index in [0.29, 0.717) is 31.9 Å². The zero-order valence-electron chi connectivity index (χ0n) is 22.8. The molecule has 2 aromatic carbocycles. The number of benzene rings is 2. The number of anilines is 1. The maximum atomic E-state index is 13.2. The number of urea groups is 1. The first kappa shape index (κ1) is 27.9. The summed E-state index contributed by atoms with van der Waals surface area (Å²) in [6.07, 6.45) is 0.622. The molecule has 198 valence electrons. The smallest absolute Gasteiger partial charge is 0.318 e. The fraction of sp³-hybridized carbons (Fsp3) is 0.414. The van der Waals surface area contributed by atoms with Crippen LogP contribution in [0.2, 0.25) is 0 Å². The van der Waals surface area contributed by atoms with E-state index in [2.05, 4.69) is 37.5 Å². The molecule has 8 heteroatoms. The Morgan fingerprint density at radius 2 is 1.78 bits per heavy atom. The first-order chi connectivity index (χ1) is 17.6. The Kier molecular flexibility index (Phi) is 9.47. The third kappa shape index (κ3) is 7.92. The maximum absolute atomic E-state index is 13.2. The first-order valence-electron chi connectivity index (χ1n) is 12.6. The van der Waals surface area contributed by atoms with E-state index in [1.165, 1.54) is 4.90 Å².